The number of nitrogens with zero attached hydrogens (tertiary/aromatic N) is 1. The summed E-state index contributed by atoms with van der Waals surface area (Å²) in [6, 6.07) is 8.54. The van der Waals surface area contributed by atoms with Crippen molar-refractivity contribution in [3.8, 4) is 0 Å². The Morgan fingerprint density at radius 1 is 1.29 bits per heavy atom. The predicted octanol–water partition coefficient (Wildman–Crippen LogP) is 3.15. The van der Waals surface area contributed by atoms with E-state index in [9.17, 15) is 4.79 Å². The second-order valence-corrected chi connectivity index (χ2v) is 5.39. The lowest BCUT2D eigenvalue weighted by Crippen LogP contribution is -2.51. The molecule has 0 bridgehead atoms. The Bertz CT molecular complexity index is 405. The molecule has 0 N–H and O–H groups in total. The Hall–Kier alpha value is -1.15. The van der Waals surface area contributed by atoms with Crippen molar-refractivity contribution in [2.24, 2.45) is 0 Å². The van der Waals surface area contributed by atoms with Crippen LogP contribution in [-0.2, 0) is 0 Å². The molecule has 1 aromatic carbocycles. The van der Waals surface area contributed by atoms with Crippen LogP contribution in [0.25, 0.3) is 0 Å². The lowest BCUT2D eigenvalue weighted by atomic mass is 10.1. The lowest BCUT2D eigenvalue weighted by Gasteiger charge is -2.31. The number of amides is 1. The van der Waals surface area contributed by atoms with Gasteiger partial charge < -0.3 is 0 Å². The first-order chi connectivity index (χ1) is 8.08. The molecule has 1 aliphatic carbocycles. The number of hydrogen-bond acceptors (Lipinski definition) is 1. The van der Waals surface area contributed by atoms with Crippen LogP contribution in [-0.4, -0.2) is 30.0 Å². The number of carbonyl (C=O) groups is 1. The molecule has 0 spiro atoms. The van der Waals surface area contributed by atoms with Crippen molar-refractivity contribution >= 4 is 5.91 Å². The lowest BCUT2D eigenvalue weighted by molar-refractivity contribution is -0.840. The first-order valence-corrected chi connectivity index (χ1v) is 6.54. The molecule has 2 rings (SSSR count). The van der Waals surface area contributed by atoms with Gasteiger partial charge in [-0.3, -0.25) is 4.48 Å². The normalized spacial score (nSPS) is 18.8. The van der Waals surface area contributed by atoms with Crippen LogP contribution in [0.2, 0.25) is 0 Å². The van der Waals surface area contributed by atoms with E-state index in [1.54, 1.807) is 0 Å². The van der Waals surface area contributed by atoms with E-state index in [1.165, 1.54) is 18.4 Å². The summed E-state index contributed by atoms with van der Waals surface area (Å²) >= 11 is 0. The van der Waals surface area contributed by atoms with E-state index >= 15 is 0 Å². The summed E-state index contributed by atoms with van der Waals surface area (Å²) in [6.45, 7) is 5.16. The third-order valence-electron chi connectivity index (χ3n) is 3.80. The Kier molecular flexibility index (Phi) is 3.34. The third kappa shape index (κ3) is 2.42. The Morgan fingerprint density at radius 3 is 2.35 bits per heavy atom. The minimum atomic E-state index is 0.286. The van der Waals surface area contributed by atoms with Crippen LogP contribution in [0, 0.1) is 6.92 Å². The van der Waals surface area contributed by atoms with Gasteiger partial charge in [0.2, 0.25) is 0 Å². The summed E-state index contributed by atoms with van der Waals surface area (Å²) < 4.78 is 0.597. The second-order valence-electron chi connectivity index (χ2n) is 5.39. The highest BCUT2D eigenvalue weighted by Gasteiger charge is 2.46. The van der Waals surface area contributed by atoms with Crippen molar-refractivity contribution in [3.63, 3.8) is 0 Å². The van der Waals surface area contributed by atoms with Crippen LogP contribution in [0.3, 0.4) is 0 Å². The molecule has 1 amide bonds. The predicted molar refractivity (Wildman–Crippen MR) is 69.9 cm³/mol. The van der Waals surface area contributed by atoms with Gasteiger partial charge in [-0.05, 0) is 25.5 Å². The minimum Gasteiger partial charge on any atom is -0.256 e. The van der Waals surface area contributed by atoms with Gasteiger partial charge in [0.15, 0.2) is 0 Å². The number of benzene rings is 1. The van der Waals surface area contributed by atoms with Gasteiger partial charge >= 0.3 is 5.91 Å². The standard InChI is InChI=1S/C15H22NO/c1-4-11-16(3,14-9-10-14)15(17)13-7-5-12(2)6-8-13/h5-8,14H,4,9-11H2,1-3H3/q+1. The van der Waals surface area contributed by atoms with Gasteiger partial charge in [-0.15, -0.1) is 0 Å². The smallest absolute Gasteiger partial charge is 0.256 e. The molecule has 2 heteroatoms. The average molecular weight is 232 g/mol. The van der Waals surface area contributed by atoms with Crippen molar-refractivity contribution in [1.29, 1.82) is 0 Å². The van der Waals surface area contributed by atoms with Gasteiger partial charge in [0, 0.05) is 12.8 Å². The Balaban J connectivity index is 2.24. The minimum absolute atomic E-state index is 0.286. The zero-order valence-electron chi connectivity index (χ0n) is 11.1. The Morgan fingerprint density at radius 2 is 1.88 bits per heavy atom. The van der Waals surface area contributed by atoms with Crippen LogP contribution >= 0.6 is 0 Å². The maximum Gasteiger partial charge on any atom is 0.345 e. The van der Waals surface area contributed by atoms with E-state index in [0.29, 0.717) is 10.5 Å². The Labute approximate surface area is 104 Å². The van der Waals surface area contributed by atoms with E-state index in [0.717, 1.165) is 18.5 Å². The second kappa shape index (κ2) is 4.61. The first-order valence-electron chi connectivity index (χ1n) is 6.54. The number of carbonyl (C=O) groups excluding carboxylic acids is 1. The fraction of sp³-hybridized carbons (Fsp3) is 0.533. The van der Waals surface area contributed by atoms with Crippen molar-refractivity contribution < 1.29 is 9.28 Å². The van der Waals surface area contributed by atoms with E-state index < -0.39 is 0 Å². The van der Waals surface area contributed by atoms with Gasteiger partial charge in [0.25, 0.3) is 0 Å². The third-order valence-corrected chi connectivity index (χ3v) is 3.80. The van der Waals surface area contributed by atoms with Crippen molar-refractivity contribution in [1.82, 2.24) is 0 Å². The molecule has 17 heavy (non-hydrogen) atoms. The molecule has 2 nitrogen and oxygen atoms in total. The zero-order chi connectivity index (χ0) is 12.5. The molecule has 1 fully saturated rings. The van der Waals surface area contributed by atoms with Gasteiger partial charge in [-0.2, -0.15) is 0 Å². The van der Waals surface area contributed by atoms with E-state index in [1.807, 2.05) is 24.3 Å². The maximum absolute atomic E-state index is 12.6. The summed E-state index contributed by atoms with van der Waals surface area (Å²) in [5.41, 5.74) is 2.07. The fourth-order valence-electron chi connectivity index (χ4n) is 2.55. The van der Waals surface area contributed by atoms with Gasteiger partial charge in [-0.1, -0.05) is 24.6 Å². The molecule has 1 saturated carbocycles. The molecule has 0 saturated heterocycles. The van der Waals surface area contributed by atoms with Crippen LogP contribution in [0.5, 0.6) is 0 Å². The molecule has 0 heterocycles. The largest absolute Gasteiger partial charge is 0.345 e. The monoisotopic (exact) mass is 232 g/mol. The van der Waals surface area contributed by atoms with E-state index in [4.69, 9.17) is 0 Å². The first kappa shape index (κ1) is 12.3. The van der Waals surface area contributed by atoms with E-state index in [2.05, 4.69) is 20.9 Å². The van der Waals surface area contributed by atoms with Crippen LogP contribution < -0.4 is 0 Å². The highest BCUT2D eigenvalue weighted by molar-refractivity contribution is 5.89. The molecule has 92 valence electrons. The molecule has 0 aromatic heterocycles. The number of rotatable bonds is 4. The SMILES string of the molecule is CCC[N+](C)(C(=O)c1ccc(C)cc1)C1CC1. The highest BCUT2D eigenvalue weighted by atomic mass is 16.2. The molecule has 1 aliphatic rings. The van der Waals surface area contributed by atoms with Crippen molar-refractivity contribution in [3.05, 3.63) is 35.4 Å². The fourth-order valence-corrected chi connectivity index (χ4v) is 2.55. The van der Waals surface area contributed by atoms with E-state index in [-0.39, 0.29) is 5.91 Å². The molecule has 1 atom stereocenters. The van der Waals surface area contributed by atoms with Gasteiger partial charge in [0.1, 0.15) is 0 Å². The zero-order valence-corrected chi connectivity index (χ0v) is 11.1. The van der Waals surface area contributed by atoms with Gasteiger partial charge in [-0.25, -0.2) is 4.79 Å². The molecule has 0 aliphatic heterocycles. The molecule has 1 aromatic rings. The van der Waals surface area contributed by atoms with Crippen LogP contribution in [0.4, 0.5) is 0 Å². The number of hydrogen-bond donors (Lipinski definition) is 0. The number of quaternary nitrogens is 1. The van der Waals surface area contributed by atoms with Crippen LogP contribution in [0.15, 0.2) is 24.3 Å². The molecule has 0 radical (unpaired) electrons. The summed E-state index contributed by atoms with van der Waals surface area (Å²) in [5.74, 6) is 0.286. The topological polar surface area (TPSA) is 17.1 Å². The highest BCUT2D eigenvalue weighted by Crippen LogP contribution is 2.34. The number of aryl methyl sites for hydroxylation is 1. The van der Waals surface area contributed by atoms with Crippen molar-refractivity contribution in [2.75, 3.05) is 13.6 Å². The van der Waals surface area contributed by atoms with Gasteiger partial charge in [0.05, 0.1) is 25.2 Å². The summed E-state index contributed by atoms with van der Waals surface area (Å²) in [4.78, 5) is 12.6. The molecule has 1 unspecified atom stereocenters. The summed E-state index contributed by atoms with van der Waals surface area (Å²) in [5, 5.41) is 0. The maximum atomic E-state index is 12.6. The van der Waals surface area contributed by atoms with Crippen LogP contribution in [0.1, 0.15) is 42.1 Å². The molecular weight excluding hydrogens is 210 g/mol. The van der Waals surface area contributed by atoms with Crippen molar-refractivity contribution in [2.45, 2.75) is 39.2 Å². The average Bonchev–Trinajstić information content (AvgIpc) is 3.13. The summed E-state index contributed by atoms with van der Waals surface area (Å²) in [6.07, 6.45) is 3.47. The quantitative estimate of drug-likeness (QED) is 0.729. The molecular formula is C15H22NO+. The summed E-state index contributed by atoms with van der Waals surface area (Å²) in [7, 11) is 2.10.